The van der Waals surface area contributed by atoms with Gasteiger partial charge in [0.15, 0.2) is 0 Å². The molecule has 0 atom stereocenters. The van der Waals surface area contributed by atoms with Crippen LogP contribution in [0.1, 0.15) is 103 Å². The summed E-state index contributed by atoms with van der Waals surface area (Å²) in [7, 11) is 0. The monoisotopic (exact) mass is 544 g/mol. The maximum absolute atomic E-state index is 6.13. The summed E-state index contributed by atoms with van der Waals surface area (Å²) in [5.41, 5.74) is 2.81. The minimum atomic E-state index is 0. The van der Waals surface area contributed by atoms with Gasteiger partial charge >= 0.3 is 0 Å². The number of hydrogen-bond acceptors (Lipinski definition) is 3. The van der Waals surface area contributed by atoms with Crippen LogP contribution in [0.25, 0.3) is 0 Å². The predicted molar refractivity (Wildman–Crippen MR) is 169 cm³/mol. The Morgan fingerprint density at radius 2 is 0.737 bits per heavy atom. The fourth-order valence-corrected chi connectivity index (χ4v) is 4.80. The Labute approximate surface area is 241 Å². The molecule has 0 aromatic heterocycles. The average molecular weight is 545 g/mol. The van der Waals surface area contributed by atoms with Gasteiger partial charge in [-0.15, -0.1) is 12.4 Å². The summed E-state index contributed by atoms with van der Waals surface area (Å²) in [5.74, 6) is 1.85. The van der Waals surface area contributed by atoms with Gasteiger partial charge in [0.2, 0.25) is 0 Å². The lowest BCUT2D eigenvalue weighted by atomic mass is 10.1. The van der Waals surface area contributed by atoms with Gasteiger partial charge in [0.1, 0.15) is 11.5 Å². The second-order valence-corrected chi connectivity index (χ2v) is 10.7. The number of benzene rings is 2. The van der Waals surface area contributed by atoms with Crippen molar-refractivity contribution in [1.29, 1.82) is 0 Å². The van der Waals surface area contributed by atoms with Gasteiger partial charge in [-0.1, -0.05) is 77.6 Å². The molecule has 0 aliphatic heterocycles. The van der Waals surface area contributed by atoms with Gasteiger partial charge in [0.25, 0.3) is 0 Å². The molecule has 3 nitrogen and oxygen atoms in total. The van der Waals surface area contributed by atoms with Gasteiger partial charge in [0, 0.05) is 0 Å². The van der Waals surface area contributed by atoms with Crippen molar-refractivity contribution in [3.63, 3.8) is 0 Å². The molecule has 2 rings (SSSR count). The molecule has 0 aliphatic rings. The molecule has 2 aromatic carbocycles. The molecule has 0 spiro atoms. The normalized spacial score (nSPS) is 11.2. The molecule has 0 radical (unpaired) electrons. The van der Waals surface area contributed by atoms with E-state index >= 15 is 0 Å². The minimum Gasteiger partial charge on any atom is -0.457 e. The van der Waals surface area contributed by atoms with E-state index < -0.39 is 0 Å². The smallest absolute Gasteiger partial charge is 0.127 e. The standard InChI is InChI=1S/C34H56N2O.ClH/c1-5-9-25-35(26-10-6-2)29-13-15-31-17-21-33(22-18-31)37-34-23-19-32(20-24-34)16-14-30-36(27-11-7-3)28-12-8-4;/h17-24H,5-16,25-30H2,1-4H3;1H. The summed E-state index contributed by atoms with van der Waals surface area (Å²) in [4.78, 5) is 5.31. The van der Waals surface area contributed by atoms with Crippen molar-refractivity contribution < 1.29 is 4.74 Å². The van der Waals surface area contributed by atoms with Gasteiger partial charge in [-0.25, -0.2) is 0 Å². The van der Waals surface area contributed by atoms with E-state index in [4.69, 9.17) is 4.74 Å². The van der Waals surface area contributed by atoms with Gasteiger partial charge in [-0.3, -0.25) is 0 Å². The SMILES string of the molecule is CCCCN(CCCC)CCCc1ccc(Oc2ccc(CCCN(CCCC)CCCC)cc2)cc1.Cl. The second-order valence-electron chi connectivity index (χ2n) is 10.7. The fraction of sp³-hybridized carbons (Fsp3) is 0.647. The third-order valence-corrected chi connectivity index (χ3v) is 7.27. The molecule has 0 N–H and O–H groups in total. The van der Waals surface area contributed by atoms with Crippen LogP contribution in [0.15, 0.2) is 48.5 Å². The van der Waals surface area contributed by atoms with Gasteiger partial charge in [-0.2, -0.15) is 0 Å². The summed E-state index contributed by atoms with van der Waals surface area (Å²) < 4.78 is 6.13. The highest BCUT2D eigenvalue weighted by Gasteiger charge is 2.06. The largest absolute Gasteiger partial charge is 0.457 e. The Bertz CT molecular complexity index is 710. The molecule has 0 heterocycles. The van der Waals surface area contributed by atoms with Crippen molar-refractivity contribution in [2.24, 2.45) is 0 Å². The van der Waals surface area contributed by atoms with Crippen LogP contribution >= 0.6 is 12.4 Å². The summed E-state index contributed by atoms with van der Waals surface area (Å²) >= 11 is 0. The highest BCUT2D eigenvalue weighted by molar-refractivity contribution is 5.85. The molecule has 0 saturated carbocycles. The Kier molecular flexibility index (Phi) is 20.2. The summed E-state index contributed by atoms with van der Waals surface area (Å²) in [6.45, 7) is 16.6. The fourth-order valence-electron chi connectivity index (χ4n) is 4.80. The molecule has 0 amide bonds. The zero-order chi connectivity index (χ0) is 26.6. The number of rotatable bonds is 22. The lowest BCUT2D eigenvalue weighted by molar-refractivity contribution is 0.262. The molecule has 0 saturated heterocycles. The maximum Gasteiger partial charge on any atom is 0.127 e. The second kappa shape index (κ2) is 22.3. The van der Waals surface area contributed by atoms with Crippen LogP contribution in [0, 0.1) is 0 Å². The predicted octanol–water partition coefficient (Wildman–Crippen LogP) is 9.57. The first kappa shape index (κ1) is 34.5. The van der Waals surface area contributed by atoms with Crippen molar-refractivity contribution >= 4 is 12.4 Å². The minimum absolute atomic E-state index is 0. The first-order chi connectivity index (χ1) is 18.2. The number of nitrogens with zero attached hydrogens (tertiary/aromatic N) is 2. The summed E-state index contributed by atoms with van der Waals surface area (Å²) in [5, 5.41) is 0. The molecule has 0 bridgehead atoms. The van der Waals surface area contributed by atoms with Crippen LogP contribution in [0.5, 0.6) is 11.5 Å². The first-order valence-corrected chi connectivity index (χ1v) is 15.5. The third-order valence-electron chi connectivity index (χ3n) is 7.27. The Morgan fingerprint density at radius 1 is 0.447 bits per heavy atom. The van der Waals surface area contributed by atoms with Gasteiger partial charge in [-0.05, 0) is 126 Å². The summed E-state index contributed by atoms with van der Waals surface area (Å²) in [6.07, 6.45) is 15.1. The van der Waals surface area contributed by atoms with E-state index in [0.29, 0.717) is 0 Å². The Hall–Kier alpha value is -1.55. The van der Waals surface area contributed by atoms with Crippen LogP contribution in [-0.2, 0) is 12.8 Å². The summed E-state index contributed by atoms with van der Waals surface area (Å²) in [6, 6.07) is 17.4. The first-order valence-electron chi connectivity index (χ1n) is 15.5. The number of halogens is 1. The van der Waals surface area contributed by atoms with E-state index in [-0.39, 0.29) is 12.4 Å². The lowest BCUT2D eigenvalue weighted by Gasteiger charge is -2.22. The Balaban J connectivity index is 0.00000722. The number of unbranched alkanes of at least 4 members (excludes halogenated alkanes) is 4. The van der Waals surface area contributed by atoms with E-state index in [2.05, 4.69) is 86.0 Å². The molecule has 0 fully saturated rings. The lowest BCUT2D eigenvalue weighted by Crippen LogP contribution is -2.27. The zero-order valence-electron chi connectivity index (χ0n) is 25.1. The molecule has 0 aliphatic carbocycles. The van der Waals surface area contributed by atoms with E-state index in [9.17, 15) is 0 Å². The number of ether oxygens (including phenoxy) is 1. The highest BCUT2D eigenvalue weighted by atomic mass is 35.5. The zero-order valence-corrected chi connectivity index (χ0v) is 25.9. The Morgan fingerprint density at radius 3 is 1.03 bits per heavy atom. The van der Waals surface area contributed by atoms with Crippen LogP contribution < -0.4 is 4.74 Å². The molecule has 4 heteroatoms. The quantitative estimate of drug-likeness (QED) is 0.147. The van der Waals surface area contributed by atoms with Crippen molar-refractivity contribution in [1.82, 2.24) is 9.80 Å². The van der Waals surface area contributed by atoms with E-state index in [0.717, 1.165) is 24.3 Å². The average Bonchev–Trinajstić information content (AvgIpc) is 2.93. The van der Waals surface area contributed by atoms with Crippen molar-refractivity contribution in [3.8, 4) is 11.5 Å². The van der Waals surface area contributed by atoms with Gasteiger partial charge in [0.05, 0.1) is 0 Å². The maximum atomic E-state index is 6.13. The van der Waals surface area contributed by atoms with Crippen molar-refractivity contribution in [2.45, 2.75) is 105 Å². The molecule has 0 unspecified atom stereocenters. The number of hydrogen-bond donors (Lipinski definition) is 0. The molecule has 38 heavy (non-hydrogen) atoms. The van der Waals surface area contributed by atoms with E-state index in [1.54, 1.807) is 0 Å². The third kappa shape index (κ3) is 15.1. The van der Waals surface area contributed by atoms with Gasteiger partial charge < -0.3 is 14.5 Å². The van der Waals surface area contributed by atoms with Crippen molar-refractivity contribution in [3.05, 3.63) is 59.7 Å². The highest BCUT2D eigenvalue weighted by Crippen LogP contribution is 2.23. The van der Waals surface area contributed by atoms with Crippen LogP contribution in [-0.4, -0.2) is 49.1 Å². The van der Waals surface area contributed by atoms with E-state index in [1.807, 2.05) is 0 Å². The van der Waals surface area contributed by atoms with E-state index in [1.165, 1.54) is 115 Å². The molecular formula is C34H57ClN2O. The van der Waals surface area contributed by atoms with Crippen molar-refractivity contribution in [2.75, 3.05) is 39.3 Å². The van der Waals surface area contributed by atoms with Crippen LogP contribution in [0.4, 0.5) is 0 Å². The topological polar surface area (TPSA) is 15.7 Å². The number of aryl methyl sites for hydroxylation is 2. The molecular weight excluding hydrogens is 488 g/mol. The molecule has 216 valence electrons. The molecule has 2 aromatic rings. The van der Waals surface area contributed by atoms with Crippen LogP contribution in [0.3, 0.4) is 0 Å². The van der Waals surface area contributed by atoms with Crippen LogP contribution in [0.2, 0.25) is 0 Å².